The van der Waals surface area contributed by atoms with E-state index in [0.29, 0.717) is 5.56 Å². The molecule has 0 saturated heterocycles. The zero-order valence-corrected chi connectivity index (χ0v) is 18.0. The van der Waals surface area contributed by atoms with Crippen LogP contribution in [0.15, 0.2) is 96.1 Å². The molecule has 3 aromatic carbocycles. The average molecular weight is 413 g/mol. The van der Waals surface area contributed by atoms with Gasteiger partial charge in [-0.3, -0.25) is 0 Å². The van der Waals surface area contributed by atoms with Gasteiger partial charge in [-0.25, -0.2) is 4.79 Å². The fourth-order valence-electron chi connectivity index (χ4n) is 3.56. The molecule has 0 aromatic heterocycles. The number of thioether (sulfide) groups is 1. The van der Waals surface area contributed by atoms with E-state index in [0.717, 1.165) is 12.0 Å². The largest absolute Gasteiger partial charge is 0.431 e. The van der Waals surface area contributed by atoms with Gasteiger partial charge in [0.05, 0.1) is 11.8 Å². The average Bonchev–Trinajstić information content (AvgIpc) is 2.77. The van der Waals surface area contributed by atoms with Crippen molar-refractivity contribution >= 4 is 28.7 Å². The lowest BCUT2D eigenvalue weighted by molar-refractivity contribution is 0.0665. The first-order valence-corrected chi connectivity index (χ1v) is 10.9. The Morgan fingerprint density at radius 1 is 0.967 bits per heavy atom. The molecule has 4 rings (SSSR count). The second-order valence-electron chi connectivity index (χ2n) is 7.95. The number of carbonyl (C=O) groups is 1. The molecule has 3 aromatic rings. The minimum Gasteiger partial charge on any atom is -0.431 e. The second-order valence-corrected chi connectivity index (χ2v) is 9.07. The van der Waals surface area contributed by atoms with Crippen molar-refractivity contribution in [1.29, 1.82) is 0 Å². The van der Waals surface area contributed by atoms with Crippen molar-refractivity contribution in [2.24, 2.45) is 0 Å². The van der Waals surface area contributed by atoms with Crippen LogP contribution in [0.5, 0.6) is 0 Å². The Morgan fingerprint density at radius 3 is 2.40 bits per heavy atom. The molecule has 0 N–H and O–H groups in total. The topological polar surface area (TPSA) is 26.3 Å². The highest BCUT2D eigenvalue weighted by molar-refractivity contribution is 8.08. The molecule has 2 nitrogen and oxygen atoms in total. The minimum absolute atomic E-state index is 0.0953. The lowest BCUT2D eigenvalue weighted by Crippen LogP contribution is -2.21. The third-order valence-corrected chi connectivity index (χ3v) is 6.37. The third kappa shape index (κ3) is 4.58. The molecule has 0 amide bonds. The van der Waals surface area contributed by atoms with Gasteiger partial charge >= 0.3 is 5.97 Å². The molecule has 0 unspecified atom stereocenters. The number of carbonyl (C=O) groups excluding carboxylic acids is 1. The molecule has 0 spiro atoms. The van der Waals surface area contributed by atoms with Crippen molar-refractivity contribution in [2.75, 3.05) is 0 Å². The first kappa shape index (κ1) is 20.2. The zero-order valence-electron chi connectivity index (χ0n) is 17.2. The Bertz CT molecular complexity index is 1100. The molecule has 150 valence electrons. The van der Waals surface area contributed by atoms with Gasteiger partial charge in [-0.05, 0) is 64.9 Å². The maximum absolute atomic E-state index is 12.1. The number of esters is 1. The predicted octanol–water partition coefficient (Wildman–Crippen LogP) is 7.33. The van der Waals surface area contributed by atoms with E-state index in [-0.39, 0.29) is 11.4 Å². The molecule has 3 heteroatoms. The highest BCUT2D eigenvalue weighted by Crippen LogP contribution is 2.45. The molecule has 0 saturated carbocycles. The van der Waals surface area contributed by atoms with Gasteiger partial charge in [0.15, 0.2) is 0 Å². The van der Waals surface area contributed by atoms with Crippen molar-refractivity contribution < 1.29 is 9.53 Å². The number of ether oxygens (including phenoxy) is 1. The zero-order chi connectivity index (χ0) is 21.0. The number of benzene rings is 3. The van der Waals surface area contributed by atoms with Crippen molar-refractivity contribution in [3.8, 4) is 0 Å². The summed E-state index contributed by atoms with van der Waals surface area (Å²) in [5.74, 6) is -0.355. The molecule has 0 radical (unpaired) electrons. The van der Waals surface area contributed by atoms with Crippen LogP contribution in [0.4, 0.5) is 0 Å². The van der Waals surface area contributed by atoms with Crippen LogP contribution in [0.25, 0.3) is 11.0 Å². The Hall–Kier alpha value is -3.04. The Kier molecular flexibility index (Phi) is 5.91. The first-order valence-electron chi connectivity index (χ1n) is 10.0. The van der Waals surface area contributed by atoms with Crippen LogP contribution in [-0.2, 0) is 10.2 Å². The van der Waals surface area contributed by atoms with Gasteiger partial charge in [-0.15, -0.1) is 0 Å². The summed E-state index contributed by atoms with van der Waals surface area (Å²) in [5, 5.41) is 0. The van der Waals surface area contributed by atoms with Crippen molar-refractivity contribution in [2.45, 2.75) is 30.6 Å². The molecule has 0 atom stereocenters. The monoisotopic (exact) mass is 412 g/mol. The highest BCUT2D eigenvalue weighted by atomic mass is 32.2. The third-order valence-electron chi connectivity index (χ3n) is 5.25. The molecule has 0 heterocycles. The number of fused-ring (bicyclic) bond motifs is 1. The number of rotatable bonds is 5. The fourth-order valence-corrected chi connectivity index (χ4v) is 4.55. The van der Waals surface area contributed by atoms with E-state index in [1.165, 1.54) is 27.2 Å². The molecular formula is C27H24O2S. The van der Waals surface area contributed by atoms with Crippen LogP contribution in [0.2, 0.25) is 0 Å². The predicted molar refractivity (Wildman–Crippen MR) is 125 cm³/mol. The van der Waals surface area contributed by atoms with Gasteiger partial charge in [0, 0.05) is 9.80 Å². The van der Waals surface area contributed by atoms with E-state index in [1.807, 2.05) is 30.3 Å². The first-order chi connectivity index (χ1) is 14.5. The molecular weight excluding hydrogens is 388 g/mol. The van der Waals surface area contributed by atoms with Crippen LogP contribution in [0.3, 0.4) is 0 Å². The molecule has 0 fully saturated rings. The highest BCUT2D eigenvalue weighted by Gasteiger charge is 2.28. The summed E-state index contributed by atoms with van der Waals surface area (Å²) in [6.07, 6.45) is 6.66. The van der Waals surface area contributed by atoms with Crippen LogP contribution < -0.4 is 0 Å². The van der Waals surface area contributed by atoms with Crippen LogP contribution in [-0.4, -0.2) is 5.97 Å². The summed E-state index contributed by atoms with van der Waals surface area (Å²) in [4.78, 5) is 14.6. The van der Waals surface area contributed by atoms with Crippen molar-refractivity contribution in [3.63, 3.8) is 0 Å². The normalized spacial score (nSPS) is 14.8. The Labute approximate surface area is 182 Å². The van der Waals surface area contributed by atoms with Gasteiger partial charge in [-0.1, -0.05) is 80.2 Å². The number of hydrogen-bond donors (Lipinski definition) is 0. The number of allylic oxidation sites excluding steroid dienone is 1. The van der Waals surface area contributed by atoms with Crippen molar-refractivity contribution in [1.82, 2.24) is 0 Å². The van der Waals surface area contributed by atoms with E-state index in [1.54, 1.807) is 23.9 Å². The maximum Gasteiger partial charge on any atom is 0.342 e. The van der Waals surface area contributed by atoms with Gasteiger partial charge < -0.3 is 4.74 Å². The lowest BCUT2D eigenvalue weighted by Gasteiger charge is -2.32. The summed E-state index contributed by atoms with van der Waals surface area (Å²) in [5.41, 5.74) is 4.24. The van der Waals surface area contributed by atoms with Crippen LogP contribution in [0.1, 0.15) is 47.3 Å². The lowest BCUT2D eigenvalue weighted by atomic mass is 9.75. The van der Waals surface area contributed by atoms with E-state index in [9.17, 15) is 4.79 Å². The minimum atomic E-state index is -0.355. The quantitative estimate of drug-likeness (QED) is 0.324. The number of hydrogen-bond acceptors (Lipinski definition) is 3. The molecule has 0 bridgehead atoms. The van der Waals surface area contributed by atoms with E-state index < -0.39 is 0 Å². The summed E-state index contributed by atoms with van der Waals surface area (Å²) in [6, 6.07) is 25.9. The van der Waals surface area contributed by atoms with Crippen LogP contribution in [0, 0.1) is 0 Å². The fraction of sp³-hybridized carbons (Fsp3) is 0.148. The van der Waals surface area contributed by atoms with Gasteiger partial charge in [0.25, 0.3) is 0 Å². The summed E-state index contributed by atoms with van der Waals surface area (Å²) in [7, 11) is 0. The van der Waals surface area contributed by atoms with E-state index in [4.69, 9.17) is 4.74 Å². The second kappa shape index (κ2) is 8.76. The van der Waals surface area contributed by atoms with Crippen LogP contribution >= 0.6 is 11.8 Å². The summed E-state index contributed by atoms with van der Waals surface area (Å²) in [6.45, 7) is 4.56. The molecule has 30 heavy (non-hydrogen) atoms. The summed E-state index contributed by atoms with van der Waals surface area (Å²) < 4.78 is 5.30. The smallest absolute Gasteiger partial charge is 0.342 e. The Morgan fingerprint density at radius 2 is 1.67 bits per heavy atom. The van der Waals surface area contributed by atoms with Gasteiger partial charge in [0.2, 0.25) is 0 Å². The Balaban J connectivity index is 1.56. The van der Waals surface area contributed by atoms with Gasteiger partial charge in [0.1, 0.15) is 0 Å². The van der Waals surface area contributed by atoms with E-state index >= 15 is 0 Å². The molecule has 1 aliphatic rings. The van der Waals surface area contributed by atoms with E-state index in [2.05, 4.69) is 62.4 Å². The summed E-state index contributed by atoms with van der Waals surface area (Å²) >= 11 is 1.79. The SMILES string of the molecule is CC1(C)CC=C(Sc2ccccc2)c2cc(C=COC(=O)c3ccccc3)ccc21. The van der Waals surface area contributed by atoms with Gasteiger partial charge in [-0.2, -0.15) is 0 Å². The van der Waals surface area contributed by atoms with Crippen molar-refractivity contribution in [3.05, 3.63) is 113 Å². The molecule has 0 aliphatic heterocycles. The molecule has 1 aliphatic carbocycles. The standard InChI is InChI=1S/C27H24O2S/c1-27(2)17-15-25(30-22-11-7-4-8-12-22)23-19-20(13-14-24(23)27)16-18-29-26(28)21-9-5-3-6-10-21/h3-16,18-19H,17H2,1-2H3. The maximum atomic E-state index is 12.1.